The highest BCUT2D eigenvalue weighted by atomic mass is 19.4. The molecule has 4 rings (SSSR count). The van der Waals surface area contributed by atoms with E-state index in [0.29, 0.717) is 30.6 Å². The van der Waals surface area contributed by atoms with Gasteiger partial charge in [-0.25, -0.2) is 0 Å². The zero-order valence-corrected chi connectivity index (χ0v) is 16.2. The topological polar surface area (TPSA) is 60.6 Å². The van der Waals surface area contributed by atoms with E-state index >= 15 is 0 Å². The van der Waals surface area contributed by atoms with Crippen LogP contribution in [0, 0.1) is 0 Å². The Hall–Kier alpha value is -3.07. The average molecular weight is 419 g/mol. The van der Waals surface area contributed by atoms with Crippen LogP contribution >= 0.6 is 0 Å². The fraction of sp³-hybridized carbons (Fsp3) is 0.333. The molecule has 1 aliphatic rings. The van der Waals surface area contributed by atoms with E-state index in [4.69, 9.17) is 9.15 Å². The van der Waals surface area contributed by atoms with Crippen molar-refractivity contribution in [3.05, 3.63) is 60.0 Å². The first-order valence-corrected chi connectivity index (χ1v) is 9.45. The number of nitrogens with zero attached hydrogens (tertiary/aromatic N) is 3. The molecule has 1 fully saturated rings. The van der Waals surface area contributed by atoms with Crippen molar-refractivity contribution in [2.45, 2.75) is 25.2 Å². The number of rotatable bonds is 6. The highest BCUT2D eigenvalue weighted by Crippen LogP contribution is 2.33. The molecule has 158 valence electrons. The molecule has 30 heavy (non-hydrogen) atoms. The van der Waals surface area contributed by atoms with Crippen LogP contribution in [0.4, 0.5) is 13.2 Å². The molecule has 0 unspecified atom stereocenters. The minimum absolute atomic E-state index is 0.0653. The molecule has 1 saturated heterocycles. The van der Waals surface area contributed by atoms with Gasteiger partial charge in [0.25, 0.3) is 5.89 Å². The number of likely N-dealkylation sites (tertiary alicyclic amines) is 1. The number of hydrogen-bond donors (Lipinski definition) is 0. The number of methoxy groups -OCH3 is 1. The first-order valence-electron chi connectivity index (χ1n) is 9.45. The van der Waals surface area contributed by atoms with Gasteiger partial charge in [-0.05, 0) is 42.8 Å². The third-order valence-corrected chi connectivity index (χ3v) is 4.94. The van der Waals surface area contributed by atoms with Crippen LogP contribution in [-0.2, 0) is 6.54 Å². The van der Waals surface area contributed by atoms with E-state index < -0.39 is 6.36 Å². The number of halogens is 3. The van der Waals surface area contributed by atoms with Crippen LogP contribution in [0.2, 0.25) is 0 Å². The molecular formula is C21H20F3N3O3. The summed E-state index contributed by atoms with van der Waals surface area (Å²) in [5.74, 6) is 1.46. The summed E-state index contributed by atoms with van der Waals surface area (Å²) in [6, 6.07) is 13.5. The lowest BCUT2D eigenvalue weighted by Gasteiger charge is -2.16. The van der Waals surface area contributed by atoms with Gasteiger partial charge in [0.15, 0.2) is 0 Å². The van der Waals surface area contributed by atoms with Gasteiger partial charge < -0.3 is 13.9 Å². The van der Waals surface area contributed by atoms with E-state index in [-0.39, 0.29) is 11.7 Å². The van der Waals surface area contributed by atoms with Crippen molar-refractivity contribution in [1.29, 1.82) is 0 Å². The second-order valence-corrected chi connectivity index (χ2v) is 7.06. The van der Waals surface area contributed by atoms with Gasteiger partial charge >= 0.3 is 6.36 Å². The van der Waals surface area contributed by atoms with Crippen LogP contribution in [-0.4, -0.2) is 41.7 Å². The molecule has 1 atom stereocenters. The van der Waals surface area contributed by atoms with Gasteiger partial charge in [0.05, 0.1) is 18.6 Å². The van der Waals surface area contributed by atoms with Crippen molar-refractivity contribution in [2.75, 3.05) is 20.2 Å². The van der Waals surface area contributed by atoms with E-state index in [1.165, 1.54) is 12.1 Å². The SMILES string of the molecule is COc1ccccc1-c1nnc([C@H]2CCN(Cc3cccc(OC(F)(F)F)c3)C2)o1. The normalized spacial score (nSPS) is 17.3. The summed E-state index contributed by atoms with van der Waals surface area (Å²) < 4.78 is 52.5. The Balaban J connectivity index is 1.41. The van der Waals surface area contributed by atoms with E-state index in [9.17, 15) is 13.2 Å². The molecule has 0 spiro atoms. The van der Waals surface area contributed by atoms with Crippen molar-refractivity contribution in [3.63, 3.8) is 0 Å². The van der Waals surface area contributed by atoms with Crippen LogP contribution in [0.1, 0.15) is 23.8 Å². The molecule has 6 nitrogen and oxygen atoms in total. The maximum atomic E-state index is 12.4. The molecule has 2 aromatic carbocycles. The van der Waals surface area contributed by atoms with E-state index in [1.807, 2.05) is 24.3 Å². The maximum absolute atomic E-state index is 12.4. The standard InChI is InChI=1S/C21H20F3N3O3/c1-28-18-8-3-2-7-17(18)20-26-25-19(29-20)15-9-10-27(13-15)12-14-5-4-6-16(11-14)30-21(22,23)24/h2-8,11,15H,9-10,12-13H2,1H3/t15-/m0/s1. The third-order valence-electron chi connectivity index (χ3n) is 4.94. The lowest BCUT2D eigenvalue weighted by atomic mass is 10.1. The van der Waals surface area contributed by atoms with Gasteiger partial charge in [-0.2, -0.15) is 0 Å². The third kappa shape index (κ3) is 4.73. The predicted octanol–water partition coefficient (Wildman–Crippen LogP) is 4.63. The first-order chi connectivity index (χ1) is 14.4. The summed E-state index contributed by atoms with van der Waals surface area (Å²) in [6.45, 7) is 1.97. The Morgan fingerprint density at radius 3 is 2.77 bits per heavy atom. The fourth-order valence-corrected chi connectivity index (χ4v) is 3.61. The summed E-state index contributed by atoms with van der Waals surface area (Å²) in [5.41, 5.74) is 1.48. The largest absolute Gasteiger partial charge is 0.573 e. The van der Waals surface area contributed by atoms with Crippen LogP contribution in [0.5, 0.6) is 11.5 Å². The number of aromatic nitrogens is 2. The summed E-state index contributed by atoms with van der Waals surface area (Å²) in [4.78, 5) is 2.14. The smallest absolute Gasteiger partial charge is 0.496 e. The molecule has 1 aromatic heterocycles. The molecule has 2 heterocycles. The number of hydrogen-bond acceptors (Lipinski definition) is 6. The highest BCUT2D eigenvalue weighted by Gasteiger charge is 2.32. The number of alkyl halides is 3. The quantitative estimate of drug-likeness (QED) is 0.581. The molecule has 0 aliphatic carbocycles. The maximum Gasteiger partial charge on any atom is 0.573 e. The van der Waals surface area contributed by atoms with Crippen molar-refractivity contribution in [3.8, 4) is 23.0 Å². The molecular weight excluding hydrogens is 399 g/mol. The van der Waals surface area contributed by atoms with Crippen LogP contribution in [0.3, 0.4) is 0 Å². The van der Waals surface area contributed by atoms with Crippen molar-refractivity contribution >= 4 is 0 Å². The van der Waals surface area contributed by atoms with Crippen molar-refractivity contribution < 1.29 is 27.1 Å². The second kappa shape index (κ2) is 8.35. The minimum Gasteiger partial charge on any atom is -0.496 e. The number of ether oxygens (including phenoxy) is 2. The summed E-state index contributed by atoms with van der Waals surface area (Å²) in [6.07, 6.45) is -3.87. The van der Waals surface area contributed by atoms with E-state index in [0.717, 1.165) is 24.1 Å². The molecule has 1 aliphatic heterocycles. The zero-order valence-electron chi connectivity index (χ0n) is 16.2. The van der Waals surface area contributed by atoms with Crippen molar-refractivity contribution in [2.24, 2.45) is 0 Å². The molecule has 0 amide bonds. The van der Waals surface area contributed by atoms with Gasteiger partial charge in [-0.3, -0.25) is 4.90 Å². The van der Waals surface area contributed by atoms with Crippen LogP contribution in [0.15, 0.2) is 52.9 Å². The summed E-state index contributed by atoms with van der Waals surface area (Å²) >= 11 is 0. The molecule has 0 saturated carbocycles. The summed E-state index contributed by atoms with van der Waals surface area (Å²) in [7, 11) is 1.58. The fourth-order valence-electron chi connectivity index (χ4n) is 3.61. The Labute approximate surface area is 171 Å². The number of benzene rings is 2. The van der Waals surface area contributed by atoms with E-state index in [1.54, 1.807) is 19.2 Å². The monoisotopic (exact) mass is 419 g/mol. The molecule has 0 bridgehead atoms. The van der Waals surface area contributed by atoms with Gasteiger partial charge in [0.2, 0.25) is 5.89 Å². The minimum atomic E-state index is -4.70. The highest BCUT2D eigenvalue weighted by molar-refractivity contribution is 5.62. The second-order valence-electron chi connectivity index (χ2n) is 7.06. The molecule has 9 heteroatoms. The molecule has 0 N–H and O–H groups in total. The predicted molar refractivity (Wildman–Crippen MR) is 102 cm³/mol. The van der Waals surface area contributed by atoms with Gasteiger partial charge in [0, 0.05) is 13.1 Å². The molecule has 0 radical (unpaired) electrons. The Morgan fingerprint density at radius 2 is 1.97 bits per heavy atom. The van der Waals surface area contributed by atoms with Crippen LogP contribution in [0.25, 0.3) is 11.5 Å². The van der Waals surface area contributed by atoms with Crippen molar-refractivity contribution in [1.82, 2.24) is 15.1 Å². The molecule has 3 aromatic rings. The first kappa shape index (κ1) is 20.2. The Bertz CT molecular complexity index is 1010. The summed E-state index contributed by atoms with van der Waals surface area (Å²) in [5, 5.41) is 8.36. The lowest BCUT2D eigenvalue weighted by molar-refractivity contribution is -0.274. The van der Waals surface area contributed by atoms with Gasteiger partial charge in [-0.15, -0.1) is 23.4 Å². The van der Waals surface area contributed by atoms with Gasteiger partial charge in [0.1, 0.15) is 11.5 Å². The Morgan fingerprint density at radius 1 is 1.13 bits per heavy atom. The zero-order chi connectivity index (χ0) is 21.1. The van der Waals surface area contributed by atoms with Gasteiger partial charge in [-0.1, -0.05) is 24.3 Å². The number of para-hydroxylation sites is 1. The average Bonchev–Trinajstić information content (AvgIpc) is 3.36. The Kier molecular flexibility index (Phi) is 5.63. The lowest BCUT2D eigenvalue weighted by Crippen LogP contribution is -2.20. The van der Waals surface area contributed by atoms with E-state index in [2.05, 4.69) is 19.8 Å². The van der Waals surface area contributed by atoms with Crippen LogP contribution < -0.4 is 9.47 Å².